The van der Waals surface area contributed by atoms with E-state index in [2.05, 4.69) is 0 Å². The van der Waals surface area contributed by atoms with E-state index in [9.17, 15) is 10.2 Å². The van der Waals surface area contributed by atoms with Crippen molar-refractivity contribution in [3.8, 4) is 0 Å². The van der Waals surface area contributed by atoms with Gasteiger partial charge in [0, 0.05) is 25.6 Å². The van der Waals surface area contributed by atoms with Crippen LogP contribution in [0, 0.1) is 5.92 Å². The van der Waals surface area contributed by atoms with Crippen LogP contribution in [0.25, 0.3) is 0 Å². The summed E-state index contributed by atoms with van der Waals surface area (Å²) >= 11 is 0. The minimum absolute atomic E-state index is 0.187. The van der Waals surface area contributed by atoms with Crippen LogP contribution in [-0.2, 0) is 4.74 Å². The van der Waals surface area contributed by atoms with E-state index in [-0.39, 0.29) is 18.1 Å². The van der Waals surface area contributed by atoms with Crippen LogP contribution in [0.2, 0.25) is 0 Å². The smallest absolute Gasteiger partial charge is 0.0638 e. The Kier molecular flexibility index (Phi) is 4.81. The Hall–Kier alpha value is -0.160. The van der Waals surface area contributed by atoms with Gasteiger partial charge in [0.05, 0.1) is 18.8 Å². The molecular weight excluding hydrogens is 182 g/mol. The van der Waals surface area contributed by atoms with E-state index in [1.807, 2.05) is 11.9 Å². The molecule has 1 fully saturated rings. The molecule has 3 unspecified atom stereocenters. The van der Waals surface area contributed by atoms with E-state index in [1.165, 1.54) is 0 Å². The Bertz CT molecular complexity index is 163. The van der Waals surface area contributed by atoms with Gasteiger partial charge in [-0.3, -0.25) is 0 Å². The summed E-state index contributed by atoms with van der Waals surface area (Å²) in [5.41, 5.74) is 0. The highest BCUT2D eigenvalue weighted by molar-refractivity contribution is 4.75. The minimum atomic E-state index is -0.318. The average Bonchev–Trinajstić information content (AvgIpc) is 2.07. The van der Waals surface area contributed by atoms with Crippen molar-refractivity contribution >= 4 is 0 Å². The molecule has 1 heterocycles. The minimum Gasteiger partial charge on any atom is -0.393 e. The summed E-state index contributed by atoms with van der Waals surface area (Å²) in [5.74, 6) is 0.187. The quantitative estimate of drug-likeness (QED) is 0.658. The molecule has 14 heavy (non-hydrogen) atoms. The number of hydrogen-bond donors (Lipinski definition) is 2. The third-order valence-corrected chi connectivity index (χ3v) is 2.56. The monoisotopic (exact) mass is 203 g/mol. The number of aliphatic hydroxyl groups is 2. The molecule has 1 saturated heterocycles. The molecule has 1 rings (SSSR count). The summed E-state index contributed by atoms with van der Waals surface area (Å²) < 4.78 is 5.31. The standard InChI is InChI=1S/C10H21NO3/c1-8(12)5-11(2)6-9-7-14-4-3-10(9)13/h8-10,12-13H,3-7H2,1-2H3. The van der Waals surface area contributed by atoms with Gasteiger partial charge >= 0.3 is 0 Å². The molecule has 0 aromatic rings. The number of aliphatic hydroxyl groups excluding tert-OH is 2. The second kappa shape index (κ2) is 5.66. The Labute approximate surface area is 85.5 Å². The van der Waals surface area contributed by atoms with E-state index in [4.69, 9.17) is 4.74 Å². The Morgan fingerprint density at radius 2 is 2.29 bits per heavy atom. The molecule has 4 nitrogen and oxygen atoms in total. The second-order valence-electron chi connectivity index (χ2n) is 4.26. The summed E-state index contributed by atoms with van der Waals surface area (Å²) in [6.07, 6.45) is 0.162. The molecule has 1 aliphatic heterocycles. The lowest BCUT2D eigenvalue weighted by Crippen LogP contribution is -2.41. The Balaban J connectivity index is 2.27. The highest BCUT2D eigenvalue weighted by Crippen LogP contribution is 2.15. The molecule has 3 atom stereocenters. The fraction of sp³-hybridized carbons (Fsp3) is 1.00. The van der Waals surface area contributed by atoms with Gasteiger partial charge in [0.1, 0.15) is 0 Å². The van der Waals surface area contributed by atoms with Crippen molar-refractivity contribution < 1.29 is 14.9 Å². The van der Waals surface area contributed by atoms with Crippen molar-refractivity contribution in [1.29, 1.82) is 0 Å². The highest BCUT2D eigenvalue weighted by Gasteiger charge is 2.24. The summed E-state index contributed by atoms with van der Waals surface area (Å²) in [6, 6.07) is 0. The first-order valence-corrected chi connectivity index (χ1v) is 5.22. The van der Waals surface area contributed by atoms with Gasteiger partial charge in [0.15, 0.2) is 0 Å². The molecule has 0 aromatic heterocycles. The number of rotatable bonds is 4. The van der Waals surface area contributed by atoms with Crippen molar-refractivity contribution in [2.24, 2.45) is 5.92 Å². The van der Waals surface area contributed by atoms with Crippen molar-refractivity contribution in [1.82, 2.24) is 4.90 Å². The van der Waals surface area contributed by atoms with E-state index in [1.54, 1.807) is 6.92 Å². The number of ether oxygens (including phenoxy) is 1. The van der Waals surface area contributed by atoms with Gasteiger partial charge in [0.2, 0.25) is 0 Å². The molecule has 0 aliphatic carbocycles. The van der Waals surface area contributed by atoms with Crippen molar-refractivity contribution in [3.63, 3.8) is 0 Å². The van der Waals surface area contributed by atoms with Gasteiger partial charge in [-0.1, -0.05) is 0 Å². The van der Waals surface area contributed by atoms with Crippen LogP contribution in [0.4, 0.5) is 0 Å². The Morgan fingerprint density at radius 1 is 1.57 bits per heavy atom. The first kappa shape index (κ1) is 11.9. The van der Waals surface area contributed by atoms with Crippen LogP contribution in [0.5, 0.6) is 0 Å². The summed E-state index contributed by atoms with van der Waals surface area (Å²) in [6.45, 7) is 4.49. The third-order valence-electron chi connectivity index (χ3n) is 2.56. The molecule has 84 valence electrons. The molecule has 0 amide bonds. The lowest BCUT2D eigenvalue weighted by Gasteiger charge is -2.31. The van der Waals surface area contributed by atoms with Crippen LogP contribution >= 0.6 is 0 Å². The van der Waals surface area contributed by atoms with E-state index in [0.29, 0.717) is 19.8 Å². The first-order valence-electron chi connectivity index (χ1n) is 5.22. The van der Waals surface area contributed by atoms with Crippen LogP contribution in [0.1, 0.15) is 13.3 Å². The topological polar surface area (TPSA) is 52.9 Å². The SMILES string of the molecule is CC(O)CN(C)CC1COCCC1O. The summed E-state index contributed by atoms with van der Waals surface area (Å²) in [7, 11) is 1.95. The molecule has 2 N–H and O–H groups in total. The van der Waals surface area contributed by atoms with Crippen molar-refractivity contribution in [2.45, 2.75) is 25.6 Å². The van der Waals surface area contributed by atoms with Crippen molar-refractivity contribution in [3.05, 3.63) is 0 Å². The fourth-order valence-electron chi connectivity index (χ4n) is 1.89. The summed E-state index contributed by atoms with van der Waals surface area (Å²) in [5, 5.41) is 18.9. The van der Waals surface area contributed by atoms with Gasteiger partial charge in [-0.05, 0) is 20.4 Å². The predicted molar refractivity (Wildman–Crippen MR) is 54.1 cm³/mol. The van der Waals surface area contributed by atoms with Crippen LogP contribution in [-0.4, -0.2) is 60.7 Å². The van der Waals surface area contributed by atoms with Gasteiger partial charge in [-0.25, -0.2) is 0 Å². The maximum atomic E-state index is 9.68. The number of likely N-dealkylation sites (N-methyl/N-ethyl adjacent to an activating group) is 1. The molecule has 4 heteroatoms. The fourth-order valence-corrected chi connectivity index (χ4v) is 1.89. The normalized spacial score (nSPS) is 30.6. The molecule has 0 saturated carbocycles. The highest BCUT2D eigenvalue weighted by atomic mass is 16.5. The largest absolute Gasteiger partial charge is 0.393 e. The maximum absolute atomic E-state index is 9.68. The average molecular weight is 203 g/mol. The molecule has 0 bridgehead atoms. The van der Waals surface area contributed by atoms with Crippen LogP contribution in [0.3, 0.4) is 0 Å². The lowest BCUT2D eigenvalue weighted by atomic mass is 9.98. The molecule has 0 spiro atoms. The molecular formula is C10H21NO3. The Morgan fingerprint density at radius 3 is 2.86 bits per heavy atom. The number of hydrogen-bond acceptors (Lipinski definition) is 4. The molecule has 1 aliphatic rings. The molecule has 0 aromatic carbocycles. The van der Waals surface area contributed by atoms with Gasteiger partial charge in [-0.15, -0.1) is 0 Å². The zero-order chi connectivity index (χ0) is 10.6. The van der Waals surface area contributed by atoms with E-state index in [0.717, 1.165) is 13.0 Å². The van der Waals surface area contributed by atoms with E-state index < -0.39 is 0 Å². The molecule has 0 radical (unpaired) electrons. The van der Waals surface area contributed by atoms with Gasteiger partial charge < -0.3 is 19.8 Å². The first-order chi connectivity index (χ1) is 6.59. The zero-order valence-electron chi connectivity index (χ0n) is 9.02. The summed E-state index contributed by atoms with van der Waals surface area (Å²) in [4.78, 5) is 2.03. The number of nitrogens with zero attached hydrogens (tertiary/aromatic N) is 1. The van der Waals surface area contributed by atoms with Crippen molar-refractivity contribution in [2.75, 3.05) is 33.4 Å². The zero-order valence-corrected chi connectivity index (χ0v) is 9.02. The van der Waals surface area contributed by atoms with Gasteiger partial charge in [0.25, 0.3) is 0 Å². The predicted octanol–water partition coefficient (Wildman–Crippen LogP) is -0.304. The van der Waals surface area contributed by atoms with Gasteiger partial charge in [-0.2, -0.15) is 0 Å². The maximum Gasteiger partial charge on any atom is 0.0638 e. The second-order valence-corrected chi connectivity index (χ2v) is 4.26. The van der Waals surface area contributed by atoms with Crippen LogP contribution < -0.4 is 0 Å². The van der Waals surface area contributed by atoms with Crippen LogP contribution in [0.15, 0.2) is 0 Å². The third kappa shape index (κ3) is 3.92. The lowest BCUT2D eigenvalue weighted by molar-refractivity contribution is -0.0467. The van der Waals surface area contributed by atoms with E-state index >= 15 is 0 Å².